The number of hydrogen-bond donors (Lipinski definition) is 2. The van der Waals surface area contributed by atoms with Crippen LogP contribution in [0.2, 0.25) is 0 Å². The van der Waals surface area contributed by atoms with Gasteiger partial charge in [-0.2, -0.15) is 4.98 Å². The van der Waals surface area contributed by atoms with E-state index < -0.39 is 0 Å². The lowest BCUT2D eigenvalue weighted by Gasteiger charge is -2.08. The molecule has 0 saturated carbocycles. The molecule has 2 N–H and O–H groups in total. The molecule has 0 spiro atoms. The van der Waals surface area contributed by atoms with Crippen molar-refractivity contribution in [2.75, 3.05) is 25.6 Å². The van der Waals surface area contributed by atoms with Gasteiger partial charge in [0.2, 0.25) is 5.95 Å². The van der Waals surface area contributed by atoms with Gasteiger partial charge in [-0.1, -0.05) is 0 Å². The van der Waals surface area contributed by atoms with Crippen LogP contribution in [0.25, 0.3) is 11.2 Å². The molecule has 0 radical (unpaired) electrons. The first kappa shape index (κ1) is 14.3. The van der Waals surface area contributed by atoms with Crippen LogP contribution in [0, 0.1) is 0 Å². The molecule has 0 aromatic carbocycles. The Labute approximate surface area is 115 Å². The molecular formula is C12H19N5O3. The Kier molecular flexibility index (Phi) is 4.23. The van der Waals surface area contributed by atoms with Crippen LogP contribution in [0.4, 0.5) is 5.95 Å². The zero-order chi connectivity index (χ0) is 14.7. The van der Waals surface area contributed by atoms with Crippen molar-refractivity contribution < 1.29 is 4.74 Å². The predicted octanol–water partition coefficient (Wildman–Crippen LogP) is -0.0156. The summed E-state index contributed by atoms with van der Waals surface area (Å²) in [5.74, 6) is 0.485. The summed E-state index contributed by atoms with van der Waals surface area (Å²) in [5.41, 5.74) is -0.0226. The van der Waals surface area contributed by atoms with Gasteiger partial charge in [0, 0.05) is 20.2 Å². The van der Waals surface area contributed by atoms with Gasteiger partial charge >= 0.3 is 5.69 Å². The standard InChI is InChI=1S/C12H19N5O3/c1-4-13-11-14-8-9(15-11)17(6-7-20-3)12(19)16(5-2)10(8)18/h4-7H2,1-3H3,(H2,13,14,15). The molecule has 0 saturated heterocycles. The number of ether oxygens (including phenoxy) is 1. The van der Waals surface area contributed by atoms with Crippen LogP contribution >= 0.6 is 0 Å². The zero-order valence-corrected chi connectivity index (χ0v) is 11.9. The smallest absolute Gasteiger partial charge is 0.332 e. The maximum absolute atomic E-state index is 12.3. The maximum Gasteiger partial charge on any atom is 0.332 e. The molecule has 2 aromatic rings. The van der Waals surface area contributed by atoms with Crippen LogP contribution in [-0.4, -0.2) is 39.4 Å². The Morgan fingerprint density at radius 2 is 2.05 bits per heavy atom. The van der Waals surface area contributed by atoms with Gasteiger partial charge in [0.05, 0.1) is 13.2 Å². The lowest BCUT2D eigenvalue weighted by Crippen LogP contribution is -2.40. The second kappa shape index (κ2) is 5.91. The second-order valence-electron chi connectivity index (χ2n) is 4.29. The molecule has 0 amide bonds. The van der Waals surface area contributed by atoms with E-state index in [0.717, 1.165) is 0 Å². The van der Waals surface area contributed by atoms with Crippen LogP contribution in [0.15, 0.2) is 9.59 Å². The number of hydrogen-bond acceptors (Lipinski definition) is 5. The minimum atomic E-state index is -0.364. The fraction of sp³-hybridized carbons (Fsp3) is 0.583. The van der Waals surface area contributed by atoms with E-state index in [0.29, 0.717) is 43.4 Å². The van der Waals surface area contributed by atoms with E-state index in [2.05, 4.69) is 15.3 Å². The molecule has 20 heavy (non-hydrogen) atoms. The number of nitrogens with zero attached hydrogens (tertiary/aromatic N) is 3. The van der Waals surface area contributed by atoms with Crippen LogP contribution < -0.4 is 16.6 Å². The van der Waals surface area contributed by atoms with Crippen LogP contribution in [-0.2, 0) is 17.8 Å². The van der Waals surface area contributed by atoms with E-state index >= 15 is 0 Å². The Hall–Kier alpha value is -2.09. The molecule has 2 rings (SSSR count). The number of aromatic amines is 1. The molecule has 110 valence electrons. The Balaban J connectivity index is 2.72. The SMILES string of the molecule is CCNc1nc2c([nH]1)c(=O)n(CC)c(=O)n2CCOC. The number of fused-ring (bicyclic) bond motifs is 1. The summed E-state index contributed by atoms with van der Waals surface area (Å²) in [4.78, 5) is 31.8. The summed E-state index contributed by atoms with van der Waals surface area (Å²) < 4.78 is 7.65. The highest BCUT2D eigenvalue weighted by molar-refractivity contribution is 5.72. The Bertz CT molecular complexity index is 712. The van der Waals surface area contributed by atoms with Crippen molar-refractivity contribution in [2.24, 2.45) is 0 Å². The highest BCUT2D eigenvalue weighted by atomic mass is 16.5. The fourth-order valence-electron chi connectivity index (χ4n) is 2.08. The van der Waals surface area contributed by atoms with Gasteiger partial charge in [-0.3, -0.25) is 13.9 Å². The topological polar surface area (TPSA) is 93.9 Å². The maximum atomic E-state index is 12.3. The molecule has 0 aliphatic carbocycles. The number of nitrogens with one attached hydrogen (secondary N) is 2. The van der Waals surface area contributed by atoms with Crippen LogP contribution in [0.3, 0.4) is 0 Å². The minimum Gasteiger partial charge on any atom is -0.383 e. The van der Waals surface area contributed by atoms with Crippen LogP contribution in [0.5, 0.6) is 0 Å². The van der Waals surface area contributed by atoms with Crippen molar-refractivity contribution >= 4 is 17.1 Å². The van der Waals surface area contributed by atoms with Gasteiger partial charge in [-0.15, -0.1) is 0 Å². The zero-order valence-electron chi connectivity index (χ0n) is 11.9. The van der Waals surface area contributed by atoms with Crippen molar-refractivity contribution in [2.45, 2.75) is 26.9 Å². The van der Waals surface area contributed by atoms with E-state index in [1.807, 2.05) is 6.92 Å². The summed E-state index contributed by atoms with van der Waals surface area (Å²) in [5, 5.41) is 3.00. The third-order valence-electron chi connectivity index (χ3n) is 3.04. The predicted molar refractivity (Wildman–Crippen MR) is 76.3 cm³/mol. The molecule has 0 fully saturated rings. The van der Waals surface area contributed by atoms with Crippen molar-refractivity contribution in [3.63, 3.8) is 0 Å². The number of imidazole rings is 1. The van der Waals surface area contributed by atoms with E-state index in [-0.39, 0.29) is 11.2 Å². The van der Waals surface area contributed by atoms with E-state index in [9.17, 15) is 9.59 Å². The average Bonchev–Trinajstić information content (AvgIpc) is 2.84. The number of aromatic nitrogens is 4. The quantitative estimate of drug-likeness (QED) is 0.776. The molecule has 0 unspecified atom stereocenters. The van der Waals surface area contributed by atoms with E-state index in [1.165, 1.54) is 9.13 Å². The van der Waals surface area contributed by atoms with E-state index in [1.54, 1.807) is 14.0 Å². The first-order valence-electron chi connectivity index (χ1n) is 6.60. The van der Waals surface area contributed by atoms with Crippen molar-refractivity contribution in [3.8, 4) is 0 Å². The summed E-state index contributed by atoms with van der Waals surface area (Å²) >= 11 is 0. The summed E-state index contributed by atoms with van der Waals surface area (Å²) in [7, 11) is 1.56. The van der Waals surface area contributed by atoms with E-state index in [4.69, 9.17) is 4.74 Å². The minimum absolute atomic E-state index is 0.316. The number of methoxy groups -OCH3 is 1. The number of anilines is 1. The molecule has 8 heteroatoms. The summed E-state index contributed by atoms with van der Waals surface area (Å²) in [6, 6.07) is 0. The van der Waals surface area contributed by atoms with Gasteiger partial charge in [0.25, 0.3) is 5.56 Å². The van der Waals surface area contributed by atoms with Gasteiger partial charge in [0.1, 0.15) is 0 Å². The van der Waals surface area contributed by atoms with Gasteiger partial charge in [-0.25, -0.2) is 4.79 Å². The molecule has 0 atom stereocenters. The van der Waals surface area contributed by atoms with Crippen molar-refractivity contribution in [1.82, 2.24) is 19.1 Å². The lowest BCUT2D eigenvalue weighted by atomic mass is 10.5. The van der Waals surface area contributed by atoms with Crippen molar-refractivity contribution in [3.05, 3.63) is 20.8 Å². The molecule has 0 aliphatic rings. The van der Waals surface area contributed by atoms with Gasteiger partial charge in [-0.05, 0) is 13.8 Å². The highest BCUT2D eigenvalue weighted by Crippen LogP contribution is 2.09. The third kappa shape index (κ3) is 2.34. The highest BCUT2D eigenvalue weighted by Gasteiger charge is 2.16. The molecule has 8 nitrogen and oxygen atoms in total. The average molecular weight is 281 g/mol. The largest absolute Gasteiger partial charge is 0.383 e. The number of rotatable bonds is 6. The lowest BCUT2D eigenvalue weighted by molar-refractivity contribution is 0.186. The van der Waals surface area contributed by atoms with Crippen molar-refractivity contribution in [1.29, 1.82) is 0 Å². The van der Waals surface area contributed by atoms with Gasteiger partial charge < -0.3 is 15.0 Å². The normalized spacial score (nSPS) is 11.2. The van der Waals surface area contributed by atoms with Crippen LogP contribution in [0.1, 0.15) is 13.8 Å². The number of H-pyrrole nitrogens is 1. The molecule has 0 aliphatic heterocycles. The molecular weight excluding hydrogens is 262 g/mol. The third-order valence-corrected chi connectivity index (χ3v) is 3.04. The fourth-order valence-corrected chi connectivity index (χ4v) is 2.08. The van der Waals surface area contributed by atoms with Gasteiger partial charge in [0.15, 0.2) is 11.2 Å². The molecule has 2 aromatic heterocycles. The summed E-state index contributed by atoms with van der Waals surface area (Å²) in [6.07, 6.45) is 0. The second-order valence-corrected chi connectivity index (χ2v) is 4.29. The first-order valence-corrected chi connectivity index (χ1v) is 6.60. The molecule has 0 bridgehead atoms. The molecule has 2 heterocycles. The first-order chi connectivity index (χ1) is 9.63. The summed E-state index contributed by atoms with van der Waals surface area (Å²) in [6.45, 7) is 5.40. The Morgan fingerprint density at radius 3 is 2.65 bits per heavy atom. The Morgan fingerprint density at radius 1 is 1.30 bits per heavy atom. The monoisotopic (exact) mass is 281 g/mol.